The smallest absolute Gasteiger partial charge is 0.306 e. The maximum atomic E-state index is 12.9. The Labute approximate surface area is 497 Å². The summed E-state index contributed by atoms with van der Waals surface area (Å²) in [5.74, 6) is -0.861. The Balaban J connectivity index is 4.27. The first kappa shape index (κ1) is 76.9. The van der Waals surface area contributed by atoms with Crippen molar-refractivity contribution in [3.8, 4) is 0 Å². The van der Waals surface area contributed by atoms with E-state index in [2.05, 4.69) is 93.7 Å². The van der Waals surface area contributed by atoms with Crippen LogP contribution in [0.4, 0.5) is 0 Å². The highest BCUT2D eigenvalue weighted by atomic mass is 16.6. The van der Waals surface area contributed by atoms with Gasteiger partial charge in [0.25, 0.3) is 0 Å². The monoisotopic (exact) mass is 1120 g/mol. The van der Waals surface area contributed by atoms with Gasteiger partial charge >= 0.3 is 17.9 Å². The summed E-state index contributed by atoms with van der Waals surface area (Å²) in [5.41, 5.74) is 0. The summed E-state index contributed by atoms with van der Waals surface area (Å²) in [6, 6.07) is 0. The second-order valence-electron chi connectivity index (χ2n) is 23.4. The molecule has 0 spiro atoms. The van der Waals surface area contributed by atoms with E-state index in [1.54, 1.807) is 0 Å². The Morgan fingerprint density at radius 2 is 0.487 bits per heavy atom. The first-order chi connectivity index (χ1) is 39.5. The first-order valence-electron chi connectivity index (χ1n) is 34.9. The molecule has 0 aromatic rings. The molecule has 0 aromatic carbocycles. The van der Waals surface area contributed by atoms with E-state index < -0.39 is 6.10 Å². The van der Waals surface area contributed by atoms with Gasteiger partial charge in [0.15, 0.2) is 6.10 Å². The maximum Gasteiger partial charge on any atom is 0.306 e. The van der Waals surface area contributed by atoms with Crippen LogP contribution in [0.15, 0.2) is 72.9 Å². The zero-order valence-corrected chi connectivity index (χ0v) is 53.3. The molecular weight excluding hydrogens is 985 g/mol. The van der Waals surface area contributed by atoms with Crippen LogP contribution in [0.5, 0.6) is 0 Å². The van der Waals surface area contributed by atoms with Gasteiger partial charge < -0.3 is 14.2 Å². The largest absolute Gasteiger partial charge is 0.462 e. The molecule has 0 aliphatic heterocycles. The third-order valence-electron chi connectivity index (χ3n) is 15.4. The van der Waals surface area contributed by atoms with Crippen LogP contribution >= 0.6 is 0 Å². The number of esters is 3. The van der Waals surface area contributed by atoms with Crippen LogP contribution in [0.25, 0.3) is 0 Å². The number of carbonyl (C=O) groups is 3. The molecule has 0 rings (SSSR count). The fourth-order valence-electron chi connectivity index (χ4n) is 10.2. The second-order valence-corrected chi connectivity index (χ2v) is 23.4. The van der Waals surface area contributed by atoms with E-state index >= 15 is 0 Å². The molecule has 80 heavy (non-hydrogen) atoms. The predicted octanol–water partition coefficient (Wildman–Crippen LogP) is 24.1. The van der Waals surface area contributed by atoms with Crippen molar-refractivity contribution in [1.29, 1.82) is 0 Å². The fraction of sp³-hybridized carbons (Fsp3) is 0.797. The lowest BCUT2D eigenvalue weighted by atomic mass is 10.0. The fourth-order valence-corrected chi connectivity index (χ4v) is 10.2. The van der Waals surface area contributed by atoms with Gasteiger partial charge in [-0.25, -0.2) is 0 Å². The van der Waals surface area contributed by atoms with Gasteiger partial charge in [-0.2, -0.15) is 0 Å². The van der Waals surface area contributed by atoms with E-state index in [9.17, 15) is 14.4 Å². The first-order valence-corrected chi connectivity index (χ1v) is 34.9. The van der Waals surface area contributed by atoms with Gasteiger partial charge in [0.1, 0.15) is 13.2 Å². The lowest BCUT2D eigenvalue weighted by molar-refractivity contribution is -0.167. The van der Waals surface area contributed by atoms with Crippen LogP contribution in [0.1, 0.15) is 361 Å². The lowest BCUT2D eigenvalue weighted by Crippen LogP contribution is -2.30. The molecular formula is C74H132O6. The van der Waals surface area contributed by atoms with Crippen LogP contribution < -0.4 is 0 Å². The Hall–Kier alpha value is -3.15. The third kappa shape index (κ3) is 65.7. The zero-order valence-electron chi connectivity index (χ0n) is 53.3. The molecule has 0 radical (unpaired) electrons. The maximum absolute atomic E-state index is 12.9. The number of hydrogen-bond acceptors (Lipinski definition) is 6. The van der Waals surface area contributed by atoms with Crippen molar-refractivity contribution in [3.05, 3.63) is 72.9 Å². The van der Waals surface area contributed by atoms with E-state index in [0.717, 1.165) is 96.3 Å². The van der Waals surface area contributed by atoms with Gasteiger partial charge in [-0.1, -0.05) is 325 Å². The molecule has 0 aliphatic rings. The van der Waals surface area contributed by atoms with E-state index in [-0.39, 0.29) is 31.1 Å². The van der Waals surface area contributed by atoms with Crippen LogP contribution in [0.3, 0.4) is 0 Å². The van der Waals surface area contributed by atoms with Crippen molar-refractivity contribution < 1.29 is 28.6 Å². The molecule has 0 fully saturated rings. The van der Waals surface area contributed by atoms with Gasteiger partial charge in [0, 0.05) is 19.3 Å². The van der Waals surface area contributed by atoms with E-state index in [1.807, 2.05) is 0 Å². The molecule has 0 saturated heterocycles. The quantitative estimate of drug-likeness (QED) is 0.0261. The van der Waals surface area contributed by atoms with E-state index in [1.165, 1.54) is 225 Å². The predicted molar refractivity (Wildman–Crippen MR) is 348 cm³/mol. The van der Waals surface area contributed by atoms with E-state index in [4.69, 9.17) is 14.2 Å². The highest BCUT2D eigenvalue weighted by molar-refractivity contribution is 5.71. The summed E-state index contributed by atoms with van der Waals surface area (Å²) >= 11 is 0. The molecule has 6 heteroatoms. The summed E-state index contributed by atoms with van der Waals surface area (Å²) in [6.07, 6.45) is 89.2. The van der Waals surface area contributed by atoms with Crippen molar-refractivity contribution in [2.45, 2.75) is 367 Å². The topological polar surface area (TPSA) is 78.9 Å². The van der Waals surface area contributed by atoms with Crippen molar-refractivity contribution >= 4 is 17.9 Å². The minimum absolute atomic E-state index is 0.0744. The Kier molecular flexibility index (Phi) is 65.7. The van der Waals surface area contributed by atoms with Gasteiger partial charge in [0.2, 0.25) is 0 Å². The van der Waals surface area contributed by atoms with Gasteiger partial charge in [-0.05, 0) is 89.9 Å². The van der Waals surface area contributed by atoms with Gasteiger partial charge in [-0.15, -0.1) is 0 Å². The SMILES string of the molecule is CC/C=C\C/C=C\C/C=C\C/C=C\CCCCCCCCCCC(=O)OC(COC(=O)CCCCCCCCCCCCCCCC)COC(=O)CCCCCCCCCCCCCCCCC/C=C\C/C=C\CCCCCCC. The standard InChI is InChI=1S/C74H132O6/c1-4-7-10-13-16-19-22-25-28-30-32-34-35-36-37-38-39-41-42-44-46-49-52-55-58-61-64-67-73(76)79-70-71(69-78-72(75)66-63-60-57-54-51-48-27-24-21-18-15-12-9-6-3)80-74(77)68-65-62-59-56-53-50-47-45-43-40-33-31-29-26-23-20-17-14-11-8-5-2/h8,11,17,20,22,25-26,29-30,32-33,40,71H,4-7,9-10,12-16,18-19,21,23-24,27-28,31,34-39,41-70H2,1-3H3/b11-8-,20-17-,25-22-,29-26-,32-30-,40-33-. The van der Waals surface area contributed by atoms with Crippen molar-refractivity contribution in [2.75, 3.05) is 13.2 Å². The van der Waals surface area contributed by atoms with Crippen molar-refractivity contribution in [3.63, 3.8) is 0 Å². The molecule has 0 aliphatic carbocycles. The zero-order chi connectivity index (χ0) is 57.8. The highest BCUT2D eigenvalue weighted by Gasteiger charge is 2.19. The molecule has 0 saturated carbocycles. The lowest BCUT2D eigenvalue weighted by Gasteiger charge is -2.18. The normalized spacial score (nSPS) is 12.5. The molecule has 1 unspecified atom stereocenters. The van der Waals surface area contributed by atoms with Crippen molar-refractivity contribution in [1.82, 2.24) is 0 Å². The van der Waals surface area contributed by atoms with Crippen LogP contribution in [-0.2, 0) is 28.6 Å². The van der Waals surface area contributed by atoms with Crippen molar-refractivity contribution in [2.24, 2.45) is 0 Å². The summed E-state index contributed by atoms with van der Waals surface area (Å²) in [5, 5.41) is 0. The van der Waals surface area contributed by atoms with Crippen LogP contribution in [0.2, 0.25) is 0 Å². The van der Waals surface area contributed by atoms with Gasteiger partial charge in [0.05, 0.1) is 0 Å². The molecule has 0 amide bonds. The number of unbranched alkanes of at least 4 members (excludes halogenated alkanes) is 41. The molecule has 0 aromatic heterocycles. The molecule has 6 nitrogen and oxygen atoms in total. The molecule has 0 heterocycles. The van der Waals surface area contributed by atoms with Crippen LogP contribution in [-0.4, -0.2) is 37.2 Å². The number of carbonyl (C=O) groups excluding carboxylic acids is 3. The molecule has 1 atom stereocenters. The second kappa shape index (κ2) is 68.3. The van der Waals surface area contributed by atoms with E-state index in [0.29, 0.717) is 19.3 Å². The Morgan fingerprint density at radius 3 is 0.762 bits per heavy atom. The Bertz CT molecular complexity index is 1470. The number of hydrogen-bond donors (Lipinski definition) is 0. The highest BCUT2D eigenvalue weighted by Crippen LogP contribution is 2.18. The molecule has 0 bridgehead atoms. The summed E-state index contributed by atoms with van der Waals surface area (Å²) in [4.78, 5) is 38.4. The minimum atomic E-state index is -0.779. The Morgan fingerprint density at radius 1 is 0.263 bits per heavy atom. The summed E-state index contributed by atoms with van der Waals surface area (Å²) < 4.78 is 17.0. The van der Waals surface area contributed by atoms with Gasteiger partial charge in [-0.3, -0.25) is 14.4 Å². The number of ether oxygens (including phenoxy) is 3. The molecule has 0 N–H and O–H groups in total. The van der Waals surface area contributed by atoms with Crippen LogP contribution in [0, 0.1) is 0 Å². The third-order valence-corrected chi connectivity index (χ3v) is 15.4. The number of allylic oxidation sites excluding steroid dienone is 12. The molecule has 464 valence electrons. The number of rotatable bonds is 64. The minimum Gasteiger partial charge on any atom is -0.462 e. The average Bonchev–Trinajstić information content (AvgIpc) is 3.46. The summed E-state index contributed by atoms with van der Waals surface area (Å²) in [6.45, 7) is 6.57. The summed E-state index contributed by atoms with van der Waals surface area (Å²) in [7, 11) is 0. The average molecular weight is 1120 g/mol.